The summed E-state index contributed by atoms with van der Waals surface area (Å²) in [5.74, 6) is 1.67. The maximum atomic E-state index is 11.6. The van der Waals surface area contributed by atoms with E-state index in [9.17, 15) is 4.79 Å². The lowest BCUT2D eigenvalue weighted by Crippen LogP contribution is -2.08. The molecule has 2 aromatic carbocycles. The fourth-order valence-electron chi connectivity index (χ4n) is 3.31. The molecule has 7 nitrogen and oxygen atoms in total. The van der Waals surface area contributed by atoms with Crippen molar-refractivity contribution in [1.82, 2.24) is 9.97 Å². The van der Waals surface area contributed by atoms with Gasteiger partial charge in [0, 0.05) is 30.7 Å². The minimum absolute atomic E-state index is 0.175. The van der Waals surface area contributed by atoms with Gasteiger partial charge in [0.05, 0.1) is 18.2 Å². The van der Waals surface area contributed by atoms with Crippen LogP contribution in [0.15, 0.2) is 53.9 Å². The van der Waals surface area contributed by atoms with Crippen molar-refractivity contribution in [3.8, 4) is 16.9 Å². The lowest BCUT2D eigenvalue weighted by atomic mass is 10.1. The minimum atomic E-state index is -0.175. The van der Waals surface area contributed by atoms with Crippen LogP contribution in [0.4, 0.5) is 17.2 Å². The summed E-state index contributed by atoms with van der Waals surface area (Å²) in [6.45, 7) is 1.77. The van der Waals surface area contributed by atoms with E-state index in [1.165, 1.54) is 6.92 Å². The first kappa shape index (κ1) is 20.8. The molecule has 8 heteroatoms. The molecule has 0 atom stereocenters. The number of methoxy groups -OCH3 is 2. The molecule has 4 aromatic rings. The average Bonchev–Trinajstić information content (AvgIpc) is 3.19. The summed E-state index contributed by atoms with van der Waals surface area (Å²) < 4.78 is 10.6. The minimum Gasteiger partial charge on any atom is -0.495 e. The number of fused-ring (bicyclic) bond motifs is 1. The highest BCUT2D eigenvalue weighted by atomic mass is 32.1. The highest BCUT2D eigenvalue weighted by molar-refractivity contribution is 7.17. The zero-order chi connectivity index (χ0) is 21.8. The Hall–Kier alpha value is -3.49. The maximum Gasteiger partial charge on any atom is 0.221 e. The predicted octanol–water partition coefficient (Wildman–Crippen LogP) is 5.22. The van der Waals surface area contributed by atoms with Gasteiger partial charge >= 0.3 is 0 Å². The largest absolute Gasteiger partial charge is 0.495 e. The monoisotopic (exact) mass is 434 g/mol. The normalized spacial score (nSPS) is 10.8. The molecule has 0 aliphatic carbocycles. The van der Waals surface area contributed by atoms with Gasteiger partial charge in [-0.3, -0.25) is 4.79 Å². The summed E-state index contributed by atoms with van der Waals surface area (Å²) in [6.07, 6.45) is 0. The molecule has 0 bridgehead atoms. The molecular weight excluding hydrogens is 412 g/mol. The second kappa shape index (κ2) is 9.11. The fourth-order valence-corrected chi connectivity index (χ4v) is 4.28. The Balaban J connectivity index is 1.82. The number of ether oxygens (including phenoxy) is 2. The van der Waals surface area contributed by atoms with E-state index in [0.717, 1.165) is 27.0 Å². The van der Waals surface area contributed by atoms with Crippen LogP contribution in [0.1, 0.15) is 12.7 Å². The van der Waals surface area contributed by atoms with Gasteiger partial charge in [0.1, 0.15) is 23.0 Å². The number of anilines is 3. The van der Waals surface area contributed by atoms with Gasteiger partial charge in [0.25, 0.3) is 0 Å². The van der Waals surface area contributed by atoms with Crippen molar-refractivity contribution in [3.05, 3.63) is 59.7 Å². The first-order chi connectivity index (χ1) is 15.1. The molecule has 0 radical (unpaired) electrons. The van der Waals surface area contributed by atoms with Gasteiger partial charge in [-0.05, 0) is 23.8 Å². The Kier molecular flexibility index (Phi) is 6.11. The molecule has 0 unspecified atom stereocenters. The van der Waals surface area contributed by atoms with Crippen LogP contribution in [0.25, 0.3) is 21.3 Å². The van der Waals surface area contributed by atoms with Crippen LogP contribution < -0.4 is 15.4 Å². The molecule has 0 spiro atoms. The molecule has 2 aromatic heterocycles. The lowest BCUT2D eigenvalue weighted by Gasteiger charge is -2.14. The van der Waals surface area contributed by atoms with E-state index in [0.29, 0.717) is 29.7 Å². The van der Waals surface area contributed by atoms with E-state index >= 15 is 0 Å². The number of nitrogens with one attached hydrogen (secondary N) is 2. The van der Waals surface area contributed by atoms with Crippen LogP contribution in [-0.2, 0) is 16.1 Å². The summed E-state index contributed by atoms with van der Waals surface area (Å²) in [5.41, 5.74) is 3.49. The Morgan fingerprint density at radius 2 is 1.90 bits per heavy atom. The molecule has 0 aliphatic rings. The number of carbonyl (C=O) groups excluding carboxylic acids is 1. The second-order valence-electron chi connectivity index (χ2n) is 6.84. The first-order valence-corrected chi connectivity index (χ1v) is 10.5. The van der Waals surface area contributed by atoms with Gasteiger partial charge < -0.3 is 20.1 Å². The Bertz CT molecular complexity index is 1220. The van der Waals surface area contributed by atoms with Crippen LogP contribution in [0, 0.1) is 0 Å². The summed E-state index contributed by atoms with van der Waals surface area (Å²) in [6, 6.07) is 15.6. The number of hydrogen-bond donors (Lipinski definition) is 2. The molecule has 4 rings (SSSR count). The molecule has 0 saturated heterocycles. The Labute approximate surface area is 184 Å². The van der Waals surface area contributed by atoms with Gasteiger partial charge in [-0.2, -0.15) is 0 Å². The summed E-state index contributed by atoms with van der Waals surface area (Å²) >= 11 is 1.57. The summed E-state index contributed by atoms with van der Waals surface area (Å²) in [5, 5.41) is 9.23. The molecule has 31 heavy (non-hydrogen) atoms. The van der Waals surface area contributed by atoms with E-state index in [1.54, 1.807) is 31.6 Å². The number of aromatic nitrogens is 2. The third kappa shape index (κ3) is 4.50. The number of hydrogen-bond acceptors (Lipinski definition) is 7. The molecule has 0 fully saturated rings. The van der Waals surface area contributed by atoms with Crippen molar-refractivity contribution in [3.63, 3.8) is 0 Å². The zero-order valence-corrected chi connectivity index (χ0v) is 18.2. The van der Waals surface area contributed by atoms with Gasteiger partial charge in [-0.1, -0.05) is 30.3 Å². The van der Waals surface area contributed by atoms with Crippen LogP contribution in [-0.4, -0.2) is 30.1 Å². The number of amides is 1. The molecule has 2 N–H and O–H groups in total. The van der Waals surface area contributed by atoms with Crippen LogP contribution in [0.3, 0.4) is 0 Å². The third-order valence-corrected chi connectivity index (χ3v) is 5.48. The summed E-state index contributed by atoms with van der Waals surface area (Å²) in [4.78, 5) is 21.8. The molecule has 1 amide bonds. The van der Waals surface area contributed by atoms with Crippen molar-refractivity contribution in [2.45, 2.75) is 13.5 Å². The number of carbonyl (C=O) groups is 1. The third-order valence-electron chi connectivity index (χ3n) is 4.61. The number of nitrogens with zero attached hydrogens (tertiary/aromatic N) is 2. The van der Waals surface area contributed by atoms with Crippen LogP contribution in [0.5, 0.6) is 5.75 Å². The molecule has 2 heterocycles. The quantitative estimate of drug-likeness (QED) is 0.415. The van der Waals surface area contributed by atoms with Gasteiger partial charge in [0.2, 0.25) is 5.91 Å². The highest BCUT2D eigenvalue weighted by Gasteiger charge is 2.16. The lowest BCUT2D eigenvalue weighted by molar-refractivity contribution is -0.114. The van der Waals surface area contributed by atoms with Crippen LogP contribution in [0.2, 0.25) is 0 Å². The Morgan fingerprint density at radius 1 is 1.10 bits per heavy atom. The van der Waals surface area contributed by atoms with Crippen molar-refractivity contribution < 1.29 is 14.3 Å². The topological polar surface area (TPSA) is 85.4 Å². The van der Waals surface area contributed by atoms with Crippen molar-refractivity contribution in [2.75, 3.05) is 24.9 Å². The van der Waals surface area contributed by atoms with E-state index in [4.69, 9.17) is 14.5 Å². The average molecular weight is 435 g/mol. The Morgan fingerprint density at radius 3 is 2.61 bits per heavy atom. The highest BCUT2D eigenvalue weighted by Crippen LogP contribution is 2.38. The van der Waals surface area contributed by atoms with Gasteiger partial charge in [0.15, 0.2) is 5.82 Å². The maximum absolute atomic E-state index is 11.6. The van der Waals surface area contributed by atoms with E-state index in [-0.39, 0.29) is 5.91 Å². The smallest absolute Gasteiger partial charge is 0.221 e. The van der Waals surface area contributed by atoms with Crippen molar-refractivity contribution >= 4 is 44.7 Å². The molecule has 158 valence electrons. The van der Waals surface area contributed by atoms with Crippen molar-refractivity contribution in [2.24, 2.45) is 0 Å². The standard InChI is InChI=1S/C23H22N4O3S/c1-14(28)24-18-11-16(9-10-19(18)30-3)25-22-21-17(15-7-5-4-6-8-15)13-31-23(21)27-20(26-22)12-29-2/h4-11,13H,12H2,1-3H3,(H,24,28)(H,25,26,27). The molecule has 0 saturated carbocycles. The van der Waals surface area contributed by atoms with Crippen molar-refractivity contribution in [1.29, 1.82) is 0 Å². The van der Waals surface area contributed by atoms with E-state index in [1.807, 2.05) is 30.3 Å². The molecule has 0 aliphatic heterocycles. The number of benzene rings is 2. The SMILES string of the molecule is COCc1nc(Nc2ccc(OC)c(NC(C)=O)c2)c2c(-c3ccccc3)csc2n1. The zero-order valence-electron chi connectivity index (χ0n) is 17.4. The van der Waals surface area contributed by atoms with Gasteiger partial charge in [-0.15, -0.1) is 11.3 Å². The van der Waals surface area contributed by atoms with Crippen LogP contribution >= 0.6 is 11.3 Å². The number of thiophene rings is 1. The molecular formula is C23H22N4O3S. The second-order valence-corrected chi connectivity index (χ2v) is 7.70. The fraction of sp³-hybridized carbons (Fsp3) is 0.174. The van der Waals surface area contributed by atoms with Gasteiger partial charge in [-0.25, -0.2) is 9.97 Å². The number of rotatable bonds is 7. The first-order valence-electron chi connectivity index (χ1n) is 9.64. The van der Waals surface area contributed by atoms with E-state index in [2.05, 4.69) is 33.1 Å². The van der Waals surface area contributed by atoms with E-state index < -0.39 is 0 Å². The predicted molar refractivity (Wildman–Crippen MR) is 124 cm³/mol. The summed E-state index contributed by atoms with van der Waals surface area (Å²) in [7, 11) is 3.18.